The summed E-state index contributed by atoms with van der Waals surface area (Å²) in [6, 6.07) is 9.11. The van der Waals surface area contributed by atoms with Gasteiger partial charge in [-0.3, -0.25) is 0 Å². The van der Waals surface area contributed by atoms with Crippen LogP contribution >= 0.6 is 0 Å². The maximum atomic E-state index is 3.46. The van der Waals surface area contributed by atoms with Crippen molar-refractivity contribution in [2.45, 2.75) is 48.1 Å². The molecule has 0 aliphatic carbocycles. The molecule has 0 unspecified atom stereocenters. The lowest BCUT2D eigenvalue weighted by Crippen LogP contribution is -2.13. The molecule has 0 saturated heterocycles. The molecule has 2 aromatic rings. The van der Waals surface area contributed by atoms with Gasteiger partial charge in [-0.1, -0.05) is 36.8 Å². The Labute approximate surface area is 129 Å². The normalized spacial score (nSPS) is 11.0. The molecule has 0 amide bonds. The Bertz CT molecular complexity index is 627. The molecule has 1 N–H and O–H groups in total. The summed E-state index contributed by atoms with van der Waals surface area (Å²) in [5, 5.41) is 3.46. The summed E-state index contributed by atoms with van der Waals surface area (Å²) >= 11 is 0. The van der Waals surface area contributed by atoms with Crippen LogP contribution in [-0.2, 0) is 6.54 Å². The van der Waals surface area contributed by atoms with Crippen LogP contribution in [0.1, 0.15) is 40.3 Å². The highest BCUT2D eigenvalue weighted by Gasteiger charge is 2.14. The molecule has 0 radical (unpaired) electrons. The molecule has 0 fully saturated rings. The predicted octanol–water partition coefficient (Wildman–Crippen LogP) is 5.01. The lowest BCUT2D eigenvalue weighted by molar-refractivity contribution is 0.727. The Morgan fingerprint density at radius 2 is 1.48 bits per heavy atom. The van der Waals surface area contributed by atoms with E-state index in [0.29, 0.717) is 0 Å². The zero-order chi connectivity index (χ0) is 15.6. The molecular formula is C20H27N. The summed E-state index contributed by atoms with van der Waals surface area (Å²) in [6.45, 7) is 15.2. The fraction of sp³-hybridized carbons (Fsp3) is 0.400. The van der Waals surface area contributed by atoms with Gasteiger partial charge < -0.3 is 5.32 Å². The molecule has 0 saturated carbocycles. The third-order valence-corrected chi connectivity index (χ3v) is 4.47. The van der Waals surface area contributed by atoms with Gasteiger partial charge in [0.1, 0.15) is 0 Å². The van der Waals surface area contributed by atoms with Crippen LogP contribution in [0.3, 0.4) is 0 Å². The lowest BCUT2D eigenvalue weighted by Gasteiger charge is -2.19. The maximum Gasteiger partial charge on any atom is 0.0211 e. The van der Waals surface area contributed by atoms with Gasteiger partial charge in [-0.05, 0) is 80.1 Å². The van der Waals surface area contributed by atoms with E-state index in [9.17, 15) is 0 Å². The zero-order valence-corrected chi connectivity index (χ0v) is 14.2. The summed E-state index contributed by atoms with van der Waals surface area (Å²) in [4.78, 5) is 0. The average molecular weight is 281 g/mol. The van der Waals surface area contributed by atoms with Gasteiger partial charge in [-0.2, -0.15) is 0 Å². The van der Waals surface area contributed by atoms with Crippen LogP contribution in [-0.4, -0.2) is 6.54 Å². The molecule has 0 heterocycles. The second kappa shape index (κ2) is 6.44. The largest absolute Gasteiger partial charge is 0.313 e. The number of benzene rings is 2. The molecule has 1 heteroatoms. The standard InChI is InChI=1S/C20H27N/c1-7-21-12-18-9-8-13(2)10-19(18)20-16(5)14(3)11-15(4)17(20)6/h8-11,21H,7,12H2,1-6H3. The summed E-state index contributed by atoms with van der Waals surface area (Å²) in [7, 11) is 0. The van der Waals surface area contributed by atoms with Gasteiger partial charge in [0.05, 0.1) is 0 Å². The first-order chi connectivity index (χ1) is 9.95. The average Bonchev–Trinajstić information content (AvgIpc) is 2.45. The van der Waals surface area contributed by atoms with E-state index in [0.717, 1.165) is 13.1 Å². The van der Waals surface area contributed by atoms with Crippen LogP contribution in [0.15, 0.2) is 24.3 Å². The van der Waals surface area contributed by atoms with Crippen molar-refractivity contribution in [1.29, 1.82) is 0 Å². The van der Waals surface area contributed by atoms with Crippen LogP contribution in [0.25, 0.3) is 11.1 Å². The second-order valence-corrected chi connectivity index (χ2v) is 6.08. The fourth-order valence-electron chi connectivity index (χ4n) is 2.96. The predicted molar refractivity (Wildman–Crippen MR) is 92.9 cm³/mol. The minimum atomic E-state index is 0.929. The molecule has 0 spiro atoms. The van der Waals surface area contributed by atoms with Crippen LogP contribution in [0.4, 0.5) is 0 Å². The van der Waals surface area contributed by atoms with Crippen molar-refractivity contribution in [3.05, 3.63) is 57.6 Å². The van der Waals surface area contributed by atoms with E-state index in [4.69, 9.17) is 0 Å². The van der Waals surface area contributed by atoms with Crippen molar-refractivity contribution < 1.29 is 0 Å². The summed E-state index contributed by atoms with van der Waals surface area (Å²) in [5.74, 6) is 0. The Balaban J connectivity index is 2.68. The molecule has 0 bridgehead atoms. The quantitative estimate of drug-likeness (QED) is 0.831. The molecule has 112 valence electrons. The summed E-state index contributed by atoms with van der Waals surface area (Å²) < 4.78 is 0. The van der Waals surface area contributed by atoms with Gasteiger partial charge in [-0.15, -0.1) is 0 Å². The lowest BCUT2D eigenvalue weighted by atomic mass is 9.87. The molecule has 0 aromatic heterocycles. The fourth-order valence-corrected chi connectivity index (χ4v) is 2.96. The van der Waals surface area contributed by atoms with E-state index < -0.39 is 0 Å². The molecule has 0 aliphatic rings. The molecule has 1 nitrogen and oxygen atoms in total. The maximum absolute atomic E-state index is 3.46. The topological polar surface area (TPSA) is 12.0 Å². The first-order valence-corrected chi connectivity index (χ1v) is 7.83. The Kier molecular flexibility index (Phi) is 4.84. The number of rotatable bonds is 4. The zero-order valence-electron chi connectivity index (χ0n) is 14.2. The number of nitrogens with one attached hydrogen (secondary N) is 1. The van der Waals surface area contributed by atoms with Crippen molar-refractivity contribution >= 4 is 0 Å². The second-order valence-electron chi connectivity index (χ2n) is 6.08. The van der Waals surface area contributed by atoms with Crippen molar-refractivity contribution in [1.82, 2.24) is 5.32 Å². The van der Waals surface area contributed by atoms with Gasteiger partial charge in [0.2, 0.25) is 0 Å². The number of hydrogen-bond acceptors (Lipinski definition) is 1. The van der Waals surface area contributed by atoms with E-state index >= 15 is 0 Å². The van der Waals surface area contributed by atoms with Crippen LogP contribution in [0.2, 0.25) is 0 Å². The Hall–Kier alpha value is -1.60. The molecule has 0 aliphatic heterocycles. The minimum Gasteiger partial charge on any atom is -0.313 e. The highest BCUT2D eigenvalue weighted by atomic mass is 14.8. The van der Waals surface area contributed by atoms with E-state index in [1.165, 1.54) is 44.5 Å². The Morgan fingerprint density at radius 1 is 0.857 bits per heavy atom. The van der Waals surface area contributed by atoms with E-state index in [1.807, 2.05) is 0 Å². The van der Waals surface area contributed by atoms with Gasteiger partial charge in [0.15, 0.2) is 0 Å². The molecule has 2 rings (SSSR count). The van der Waals surface area contributed by atoms with E-state index in [1.54, 1.807) is 0 Å². The van der Waals surface area contributed by atoms with Crippen LogP contribution < -0.4 is 5.32 Å². The molecular weight excluding hydrogens is 254 g/mol. The Morgan fingerprint density at radius 3 is 2.05 bits per heavy atom. The van der Waals surface area contributed by atoms with E-state index in [2.05, 4.69) is 71.1 Å². The van der Waals surface area contributed by atoms with Gasteiger partial charge in [-0.25, -0.2) is 0 Å². The SMILES string of the molecule is CCNCc1ccc(C)cc1-c1c(C)c(C)cc(C)c1C. The monoisotopic (exact) mass is 281 g/mol. The highest BCUT2D eigenvalue weighted by Crippen LogP contribution is 2.34. The molecule has 0 atom stereocenters. The van der Waals surface area contributed by atoms with Gasteiger partial charge in [0.25, 0.3) is 0 Å². The third kappa shape index (κ3) is 3.19. The minimum absolute atomic E-state index is 0.929. The highest BCUT2D eigenvalue weighted by molar-refractivity contribution is 5.76. The van der Waals surface area contributed by atoms with Crippen molar-refractivity contribution in [3.63, 3.8) is 0 Å². The number of hydrogen-bond donors (Lipinski definition) is 1. The molecule has 21 heavy (non-hydrogen) atoms. The van der Waals surface area contributed by atoms with Gasteiger partial charge >= 0.3 is 0 Å². The van der Waals surface area contributed by atoms with Crippen LogP contribution in [0, 0.1) is 34.6 Å². The van der Waals surface area contributed by atoms with Crippen molar-refractivity contribution in [2.75, 3.05) is 6.54 Å². The summed E-state index contributed by atoms with van der Waals surface area (Å²) in [5.41, 5.74) is 11.1. The van der Waals surface area contributed by atoms with Crippen molar-refractivity contribution in [2.24, 2.45) is 0 Å². The first kappa shape index (κ1) is 15.8. The smallest absolute Gasteiger partial charge is 0.0211 e. The number of aryl methyl sites for hydroxylation is 3. The molecule has 2 aromatic carbocycles. The van der Waals surface area contributed by atoms with Crippen LogP contribution in [0.5, 0.6) is 0 Å². The summed E-state index contributed by atoms with van der Waals surface area (Å²) in [6.07, 6.45) is 0. The van der Waals surface area contributed by atoms with E-state index in [-0.39, 0.29) is 0 Å². The van der Waals surface area contributed by atoms with Gasteiger partial charge in [0, 0.05) is 6.54 Å². The van der Waals surface area contributed by atoms with Crippen molar-refractivity contribution in [3.8, 4) is 11.1 Å². The third-order valence-electron chi connectivity index (χ3n) is 4.47. The first-order valence-electron chi connectivity index (χ1n) is 7.83.